The topological polar surface area (TPSA) is 67.7 Å². The molecule has 3 heterocycles. The number of carbonyl (C=O) groups excluding carboxylic acids is 2. The predicted octanol–water partition coefficient (Wildman–Crippen LogP) is 1.82. The Labute approximate surface area is 158 Å². The van der Waals surface area contributed by atoms with Gasteiger partial charge in [0.25, 0.3) is 5.91 Å². The summed E-state index contributed by atoms with van der Waals surface area (Å²) in [5, 5.41) is 0. The molecule has 1 aromatic heterocycles. The predicted molar refractivity (Wildman–Crippen MR) is 98.8 cm³/mol. The molecule has 0 spiro atoms. The minimum Gasteiger partial charge on any atom is -0.484 e. The summed E-state index contributed by atoms with van der Waals surface area (Å²) in [6.45, 7) is 3.38. The summed E-state index contributed by atoms with van der Waals surface area (Å²) in [7, 11) is 0. The number of hydrogen-bond acceptors (Lipinski definition) is 4. The second kappa shape index (κ2) is 7.82. The lowest BCUT2D eigenvalue weighted by Gasteiger charge is -2.21. The van der Waals surface area contributed by atoms with Crippen LogP contribution in [0.1, 0.15) is 30.7 Å². The van der Waals surface area contributed by atoms with Crippen molar-refractivity contribution in [3.8, 4) is 5.75 Å². The average molecular weight is 368 g/mol. The van der Waals surface area contributed by atoms with Gasteiger partial charge in [-0.15, -0.1) is 0 Å². The van der Waals surface area contributed by atoms with E-state index in [1.807, 2.05) is 46.5 Å². The summed E-state index contributed by atoms with van der Waals surface area (Å²) in [5.41, 5.74) is 1.93. The summed E-state index contributed by atoms with van der Waals surface area (Å²) in [5.74, 6) is 0.852. The van der Waals surface area contributed by atoms with E-state index < -0.39 is 0 Å². The molecule has 0 saturated carbocycles. The number of rotatable bonds is 5. The van der Waals surface area contributed by atoms with Crippen molar-refractivity contribution in [2.45, 2.75) is 38.9 Å². The lowest BCUT2D eigenvalue weighted by Crippen LogP contribution is -2.35. The van der Waals surface area contributed by atoms with Crippen LogP contribution >= 0.6 is 0 Å². The first kappa shape index (κ1) is 17.6. The van der Waals surface area contributed by atoms with E-state index in [4.69, 9.17) is 4.74 Å². The van der Waals surface area contributed by atoms with Gasteiger partial charge >= 0.3 is 0 Å². The molecule has 0 radical (unpaired) electrons. The van der Waals surface area contributed by atoms with Crippen molar-refractivity contribution in [3.63, 3.8) is 0 Å². The quantitative estimate of drug-likeness (QED) is 0.807. The number of para-hydroxylation sites is 1. The number of nitrogens with zero attached hydrogens (tertiary/aromatic N) is 4. The summed E-state index contributed by atoms with van der Waals surface area (Å²) in [6, 6.07) is 9.37. The Balaban J connectivity index is 1.43. The molecule has 1 fully saturated rings. The number of fused-ring (bicyclic) bond motifs is 1. The first-order valence-electron chi connectivity index (χ1n) is 9.47. The van der Waals surface area contributed by atoms with Crippen molar-refractivity contribution in [2.75, 3.05) is 19.7 Å². The number of aryl methyl sites for hydroxylation is 1. The number of aromatic nitrogens is 2. The summed E-state index contributed by atoms with van der Waals surface area (Å²) >= 11 is 0. The fourth-order valence-corrected chi connectivity index (χ4v) is 3.67. The molecule has 4 rings (SSSR count). The molecule has 1 aromatic carbocycles. The highest BCUT2D eigenvalue weighted by atomic mass is 16.5. The van der Waals surface area contributed by atoms with Gasteiger partial charge in [0.05, 0.1) is 30.8 Å². The smallest absolute Gasteiger partial charge is 0.260 e. The van der Waals surface area contributed by atoms with Gasteiger partial charge < -0.3 is 19.1 Å². The number of amides is 2. The maximum absolute atomic E-state index is 12.7. The Morgan fingerprint density at radius 3 is 2.74 bits per heavy atom. The molecular weight excluding hydrogens is 344 g/mol. The van der Waals surface area contributed by atoms with E-state index in [-0.39, 0.29) is 18.4 Å². The van der Waals surface area contributed by atoms with Crippen LogP contribution in [0.5, 0.6) is 5.75 Å². The van der Waals surface area contributed by atoms with E-state index in [2.05, 4.69) is 9.55 Å². The fourth-order valence-electron chi connectivity index (χ4n) is 3.67. The Hall–Kier alpha value is -2.83. The zero-order valence-electron chi connectivity index (χ0n) is 15.3. The number of likely N-dealkylation sites (tertiary alicyclic amines) is 1. The standard InChI is InChI=1S/C20H24N4O3/c25-19-8-4-9-22(19)12-17-18-13-23(10-5-11-24(18)15-21-17)20(26)14-27-16-6-2-1-3-7-16/h1-3,6-7,15H,4-5,8-14H2. The fraction of sp³-hybridized carbons (Fsp3) is 0.450. The number of benzene rings is 1. The first-order chi connectivity index (χ1) is 13.2. The molecule has 0 bridgehead atoms. The van der Waals surface area contributed by atoms with Crippen molar-refractivity contribution in [1.82, 2.24) is 19.4 Å². The van der Waals surface area contributed by atoms with Gasteiger partial charge in [-0.25, -0.2) is 4.98 Å². The molecule has 2 aliphatic heterocycles. The van der Waals surface area contributed by atoms with Crippen LogP contribution in [0, 0.1) is 0 Å². The van der Waals surface area contributed by atoms with Crippen molar-refractivity contribution in [3.05, 3.63) is 48.0 Å². The van der Waals surface area contributed by atoms with E-state index in [9.17, 15) is 9.59 Å². The molecule has 0 N–H and O–H groups in total. The van der Waals surface area contributed by atoms with Gasteiger partial charge in [0, 0.05) is 26.1 Å². The lowest BCUT2D eigenvalue weighted by molar-refractivity contribution is -0.134. The van der Waals surface area contributed by atoms with E-state index in [0.29, 0.717) is 31.8 Å². The largest absolute Gasteiger partial charge is 0.484 e. The van der Waals surface area contributed by atoms with Crippen LogP contribution in [0.3, 0.4) is 0 Å². The molecule has 0 unspecified atom stereocenters. The average Bonchev–Trinajstić information content (AvgIpc) is 3.19. The normalized spacial score (nSPS) is 17.0. The molecule has 2 aliphatic rings. The Morgan fingerprint density at radius 2 is 1.96 bits per heavy atom. The zero-order valence-corrected chi connectivity index (χ0v) is 15.3. The highest BCUT2D eigenvalue weighted by Crippen LogP contribution is 2.20. The minimum atomic E-state index is -0.0308. The van der Waals surface area contributed by atoms with E-state index in [1.165, 1.54) is 0 Å². The number of carbonyl (C=O) groups is 2. The zero-order chi connectivity index (χ0) is 18.6. The number of hydrogen-bond donors (Lipinski definition) is 0. The van der Waals surface area contributed by atoms with E-state index in [0.717, 1.165) is 37.3 Å². The van der Waals surface area contributed by atoms with Crippen LogP contribution < -0.4 is 4.74 Å². The van der Waals surface area contributed by atoms with Crippen molar-refractivity contribution < 1.29 is 14.3 Å². The molecule has 7 heteroatoms. The Bertz CT molecular complexity index is 818. The number of ether oxygens (including phenoxy) is 1. The van der Waals surface area contributed by atoms with Crippen LogP contribution in [-0.4, -0.2) is 50.9 Å². The van der Waals surface area contributed by atoms with Gasteiger partial charge in [0.1, 0.15) is 5.75 Å². The van der Waals surface area contributed by atoms with E-state index >= 15 is 0 Å². The maximum Gasteiger partial charge on any atom is 0.260 e. The van der Waals surface area contributed by atoms with Crippen molar-refractivity contribution in [1.29, 1.82) is 0 Å². The molecule has 1 saturated heterocycles. The number of imidazole rings is 1. The van der Waals surface area contributed by atoms with Gasteiger partial charge in [0.2, 0.25) is 5.91 Å². The second-order valence-electron chi connectivity index (χ2n) is 7.02. The van der Waals surface area contributed by atoms with Gasteiger partial charge in [0.15, 0.2) is 6.61 Å². The molecule has 142 valence electrons. The van der Waals surface area contributed by atoms with Gasteiger partial charge in [-0.05, 0) is 25.0 Å². The van der Waals surface area contributed by atoms with Crippen LogP contribution in [0.4, 0.5) is 0 Å². The molecular formula is C20H24N4O3. The monoisotopic (exact) mass is 368 g/mol. The van der Waals surface area contributed by atoms with Crippen molar-refractivity contribution >= 4 is 11.8 Å². The van der Waals surface area contributed by atoms with Gasteiger partial charge in [-0.3, -0.25) is 9.59 Å². The van der Waals surface area contributed by atoms with Gasteiger partial charge in [-0.1, -0.05) is 18.2 Å². The summed E-state index contributed by atoms with van der Waals surface area (Å²) in [6.07, 6.45) is 4.25. The molecule has 7 nitrogen and oxygen atoms in total. The van der Waals surface area contributed by atoms with Crippen molar-refractivity contribution in [2.24, 2.45) is 0 Å². The third-order valence-electron chi connectivity index (χ3n) is 5.17. The Morgan fingerprint density at radius 1 is 1.11 bits per heavy atom. The minimum absolute atomic E-state index is 0.0259. The SMILES string of the molecule is O=C1CCCN1Cc1ncn2c1CN(C(=O)COc1ccccc1)CCC2. The third kappa shape index (κ3) is 3.97. The molecule has 27 heavy (non-hydrogen) atoms. The van der Waals surface area contributed by atoms with Crippen LogP contribution in [0.25, 0.3) is 0 Å². The third-order valence-corrected chi connectivity index (χ3v) is 5.17. The van der Waals surface area contributed by atoms with Gasteiger partial charge in [-0.2, -0.15) is 0 Å². The summed E-state index contributed by atoms with van der Waals surface area (Å²) in [4.78, 5) is 32.8. The second-order valence-corrected chi connectivity index (χ2v) is 7.02. The molecule has 2 amide bonds. The maximum atomic E-state index is 12.7. The summed E-state index contributed by atoms with van der Waals surface area (Å²) < 4.78 is 7.73. The van der Waals surface area contributed by atoms with Crippen LogP contribution in [-0.2, 0) is 29.2 Å². The highest BCUT2D eigenvalue weighted by molar-refractivity contribution is 5.78. The molecule has 0 aliphatic carbocycles. The van der Waals surface area contributed by atoms with Crippen LogP contribution in [0.2, 0.25) is 0 Å². The van der Waals surface area contributed by atoms with E-state index in [1.54, 1.807) is 0 Å². The van der Waals surface area contributed by atoms with Crippen LogP contribution in [0.15, 0.2) is 36.7 Å². The molecule has 2 aromatic rings. The first-order valence-corrected chi connectivity index (χ1v) is 9.47. The lowest BCUT2D eigenvalue weighted by atomic mass is 10.2. The Kier molecular flexibility index (Phi) is 5.09. The molecule has 0 atom stereocenters. The highest BCUT2D eigenvalue weighted by Gasteiger charge is 2.26.